The van der Waals surface area contributed by atoms with E-state index in [1.165, 1.54) is 18.2 Å². The molecule has 0 aliphatic heterocycles. The van der Waals surface area contributed by atoms with Gasteiger partial charge >= 0.3 is 0 Å². The van der Waals surface area contributed by atoms with Gasteiger partial charge in [-0.05, 0) is 24.5 Å². The van der Waals surface area contributed by atoms with Crippen LogP contribution in [0.1, 0.15) is 30.6 Å². The van der Waals surface area contributed by atoms with Crippen LogP contribution >= 0.6 is 23.2 Å². The van der Waals surface area contributed by atoms with Crippen molar-refractivity contribution in [3.8, 4) is 0 Å². The standard InChI is InChI=1S/C13H16Cl2FNO/c1-8(2)6-9(14)7-17-13(18)12-10(15)4-3-5-11(12)16/h3-5,8-9H,6-7H2,1-2H3,(H,17,18). The third-order valence-corrected chi connectivity index (χ3v) is 3.05. The predicted molar refractivity (Wildman–Crippen MR) is 72.8 cm³/mol. The first-order valence-electron chi connectivity index (χ1n) is 5.78. The first-order chi connectivity index (χ1) is 8.41. The summed E-state index contributed by atoms with van der Waals surface area (Å²) >= 11 is 11.8. The lowest BCUT2D eigenvalue weighted by atomic mass is 10.1. The maximum Gasteiger partial charge on any atom is 0.255 e. The molecule has 1 atom stereocenters. The van der Waals surface area contributed by atoms with Gasteiger partial charge in [0.05, 0.1) is 16.0 Å². The van der Waals surface area contributed by atoms with Gasteiger partial charge in [-0.15, -0.1) is 11.6 Å². The Balaban J connectivity index is 2.61. The Morgan fingerprint density at radius 2 is 2.11 bits per heavy atom. The second-order valence-electron chi connectivity index (χ2n) is 4.53. The average molecular weight is 292 g/mol. The highest BCUT2D eigenvalue weighted by atomic mass is 35.5. The number of carbonyl (C=O) groups is 1. The van der Waals surface area contributed by atoms with Gasteiger partial charge in [0.2, 0.25) is 0 Å². The SMILES string of the molecule is CC(C)CC(Cl)CNC(=O)c1c(F)cccc1Cl. The maximum atomic E-state index is 13.5. The van der Waals surface area contributed by atoms with Crippen molar-refractivity contribution in [2.24, 2.45) is 5.92 Å². The molecule has 0 saturated carbocycles. The highest BCUT2D eigenvalue weighted by Gasteiger charge is 2.16. The van der Waals surface area contributed by atoms with Gasteiger partial charge in [0.1, 0.15) is 5.82 Å². The zero-order valence-electron chi connectivity index (χ0n) is 10.3. The van der Waals surface area contributed by atoms with E-state index < -0.39 is 11.7 Å². The normalized spacial score (nSPS) is 12.6. The summed E-state index contributed by atoms with van der Waals surface area (Å²) in [6.07, 6.45) is 0.785. The van der Waals surface area contributed by atoms with Crippen LogP contribution in [-0.2, 0) is 0 Å². The van der Waals surface area contributed by atoms with Crippen LogP contribution < -0.4 is 5.32 Å². The minimum atomic E-state index is -0.630. The smallest absolute Gasteiger partial charge is 0.255 e. The Morgan fingerprint density at radius 1 is 1.44 bits per heavy atom. The number of carbonyl (C=O) groups excluding carboxylic acids is 1. The number of benzene rings is 1. The third kappa shape index (κ3) is 4.46. The number of rotatable bonds is 5. The Morgan fingerprint density at radius 3 is 2.67 bits per heavy atom. The van der Waals surface area contributed by atoms with E-state index in [1.807, 2.05) is 13.8 Å². The molecule has 0 bridgehead atoms. The fourth-order valence-corrected chi connectivity index (χ4v) is 2.28. The number of alkyl halides is 1. The van der Waals surface area contributed by atoms with E-state index in [2.05, 4.69) is 5.32 Å². The van der Waals surface area contributed by atoms with Gasteiger partial charge in [-0.25, -0.2) is 4.39 Å². The van der Waals surface area contributed by atoms with Crippen molar-refractivity contribution in [1.82, 2.24) is 5.32 Å². The molecule has 0 saturated heterocycles. The van der Waals surface area contributed by atoms with E-state index in [-0.39, 0.29) is 16.0 Å². The van der Waals surface area contributed by atoms with Crippen LogP contribution in [0.4, 0.5) is 4.39 Å². The van der Waals surface area contributed by atoms with Gasteiger partial charge in [0.25, 0.3) is 5.91 Å². The van der Waals surface area contributed by atoms with Crippen LogP contribution in [0.5, 0.6) is 0 Å². The number of hydrogen-bond acceptors (Lipinski definition) is 1. The number of nitrogens with one attached hydrogen (secondary N) is 1. The van der Waals surface area contributed by atoms with Crippen molar-refractivity contribution >= 4 is 29.1 Å². The Bertz CT molecular complexity index is 403. The molecule has 100 valence electrons. The number of hydrogen-bond donors (Lipinski definition) is 1. The van der Waals surface area contributed by atoms with Gasteiger partial charge in [0.15, 0.2) is 0 Å². The first kappa shape index (κ1) is 15.3. The van der Waals surface area contributed by atoms with Crippen LogP contribution in [0.15, 0.2) is 18.2 Å². The van der Waals surface area contributed by atoms with E-state index in [0.29, 0.717) is 12.5 Å². The van der Waals surface area contributed by atoms with Crippen LogP contribution in [0, 0.1) is 11.7 Å². The molecular formula is C13H16Cl2FNO. The molecule has 1 aromatic carbocycles. The molecular weight excluding hydrogens is 276 g/mol. The van der Waals surface area contributed by atoms with Crippen molar-refractivity contribution in [3.05, 3.63) is 34.6 Å². The van der Waals surface area contributed by atoms with Crippen molar-refractivity contribution in [2.45, 2.75) is 25.6 Å². The molecule has 1 N–H and O–H groups in total. The van der Waals surface area contributed by atoms with Crippen LogP contribution in [-0.4, -0.2) is 17.8 Å². The van der Waals surface area contributed by atoms with Gasteiger partial charge in [0, 0.05) is 6.54 Å². The fourth-order valence-electron chi connectivity index (χ4n) is 1.60. The Labute approximate surface area is 116 Å². The average Bonchev–Trinajstić information content (AvgIpc) is 2.25. The molecule has 0 aliphatic rings. The third-order valence-electron chi connectivity index (χ3n) is 2.40. The summed E-state index contributed by atoms with van der Waals surface area (Å²) in [5.74, 6) is -0.719. The van der Waals surface area contributed by atoms with Gasteiger partial charge in [-0.2, -0.15) is 0 Å². The molecule has 0 radical (unpaired) electrons. The summed E-state index contributed by atoms with van der Waals surface area (Å²) in [5.41, 5.74) is -0.132. The van der Waals surface area contributed by atoms with E-state index in [1.54, 1.807) is 0 Å². The second-order valence-corrected chi connectivity index (χ2v) is 5.56. The highest BCUT2D eigenvalue weighted by Crippen LogP contribution is 2.19. The Kier molecular flexibility index (Phi) is 5.89. The summed E-state index contributed by atoms with van der Waals surface area (Å²) in [6.45, 7) is 4.39. The lowest BCUT2D eigenvalue weighted by Crippen LogP contribution is -2.31. The monoisotopic (exact) mass is 291 g/mol. The molecule has 2 nitrogen and oxygen atoms in total. The fraction of sp³-hybridized carbons (Fsp3) is 0.462. The minimum Gasteiger partial charge on any atom is -0.350 e. The number of amides is 1. The zero-order valence-corrected chi connectivity index (χ0v) is 11.9. The molecule has 0 aromatic heterocycles. The summed E-state index contributed by atoms with van der Waals surface area (Å²) in [7, 11) is 0. The van der Waals surface area contributed by atoms with Crippen LogP contribution in [0.3, 0.4) is 0 Å². The van der Waals surface area contributed by atoms with E-state index in [0.717, 1.165) is 6.42 Å². The largest absolute Gasteiger partial charge is 0.350 e. The van der Waals surface area contributed by atoms with Crippen LogP contribution in [0.2, 0.25) is 5.02 Å². The summed E-state index contributed by atoms with van der Waals surface area (Å²) in [4.78, 5) is 11.8. The lowest BCUT2D eigenvalue weighted by molar-refractivity contribution is 0.0949. The topological polar surface area (TPSA) is 29.1 Å². The van der Waals surface area contributed by atoms with Gasteiger partial charge in [-0.1, -0.05) is 31.5 Å². The molecule has 1 unspecified atom stereocenters. The molecule has 1 amide bonds. The minimum absolute atomic E-state index is 0.0995. The van der Waals surface area contributed by atoms with E-state index in [4.69, 9.17) is 23.2 Å². The molecule has 18 heavy (non-hydrogen) atoms. The van der Waals surface area contributed by atoms with Gasteiger partial charge < -0.3 is 5.32 Å². The molecule has 0 fully saturated rings. The molecule has 0 aliphatic carbocycles. The highest BCUT2D eigenvalue weighted by molar-refractivity contribution is 6.33. The summed E-state index contributed by atoms with van der Waals surface area (Å²) < 4.78 is 13.5. The zero-order chi connectivity index (χ0) is 13.7. The van der Waals surface area contributed by atoms with Crippen LogP contribution in [0.25, 0.3) is 0 Å². The summed E-state index contributed by atoms with van der Waals surface area (Å²) in [6, 6.07) is 4.14. The van der Waals surface area contributed by atoms with Crippen molar-refractivity contribution in [1.29, 1.82) is 0 Å². The molecule has 0 heterocycles. The van der Waals surface area contributed by atoms with Gasteiger partial charge in [-0.3, -0.25) is 4.79 Å². The molecule has 5 heteroatoms. The predicted octanol–water partition coefficient (Wildman–Crippen LogP) is 3.86. The number of halogens is 3. The molecule has 0 spiro atoms. The molecule has 1 aromatic rings. The molecule has 1 rings (SSSR count). The van der Waals surface area contributed by atoms with Crippen molar-refractivity contribution in [2.75, 3.05) is 6.54 Å². The van der Waals surface area contributed by atoms with Crippen molar-refractivity contribution < 1.29 is 9.18 Å². The van der Waals surface area contributed by atoms with E-state index >= 15 is 0 Å². The maximum absolute atomic E-state index is 13.5. The first-order valence-corrected chi connectivity index (χ1v) is 6.59. The lowest BCUT2D eigenvalue weighted by Gasteiger charge is -2.13. The Hall–Kier alpha value is -0.800. The second kappa shape index (κ2) is 6.95. The van der Waals surface area contributed by atoms with E-state index in [9.17, 15) is 9.18 Å². The summed E-state index contributed by atoms with van der Waals surface area (Å²) in [5, 5.41) is 2.52. The van der Waals surface area contributed by atoms with Crippen molar-refractivity contribution in [3.63, 3.8) is 0 Å². The quantitative estimate of drug-likeness (QED) is 0.820.